The van der Waals surface area contributed by atoms with Crippen LogP contribution in [0.2, 0.25) is 0 Å². The molecule has 0 saturated heterocycles. The molecule has 1 aromatic rings. The van der Waals surface area contributed by atoms with Gasteiger partial charge in [-0.25, -0.2) is 0 Å². The van der Waals surface area contributed by atoms with Crippen LogP contribution in [0.5, 0.6) is 0 Å². The van der Waals surface area contributed by atoms with Crippen LogP contribution in [0.3, 0.4) is 0 Å². The average Bonchev–Trinajstić information content (AvgIpc) is 2.70. The molecule has 1 heterocycles. The third-order valence-electron chi connectivity index (χ3n) is 4.71. The lowest BCUT2D eigenvalue weighted by atomic mass is 9.83. The van der Waals surface area contributed by atoms with Gasteiger partial charge >= 0.3 is 0 Å². The lowest BCUT2D eigenvalue weighted by Crippen LogP contribution is -2.46. The summed E-state index contributed by atoms with van der Waals surface area (Å²) in [7, 11) is 3.79. The van der Waals surface area contributed by atoms with Gasteiger partial charge in [0.2, 0.25) is 0 Å². The molecule has 0 radical (unpaired) electrons. The summed E-state index contributed by atoms with van der Waals surface area (Å²) in [6, 6.07) is 0.264. The SMILES string of the molecule is Cc1nn(C)c(C)c1C(=O)N(C)C1CCCCC1CN. The third-order valence-corrected chi connectivity index (χ3v) is 4.71. The smallest absolute Gasteiger partial charge is 0.257 e. The van der Waals surface area contributed by atoms with Gasteiger partial charge in [-0.3, -0.25) is 9.48 Å². The minimum Gasteiger partial charge on any atom is -0.338 e. The van der Waals surface area contributed by atoms with E-state index in [0.717, 1.165) is 29.8 Å². The van der Waals surface area contributed by atoms with E-state index in [1.807, 2.05) is 32.8 Å². The summed E-state index contributed by atoms with van der Waals surface area (Å²) >= 11 is 0. The summed E-state index contributed by atoms with van der Waals surface area (Å²) in [6.45, 7) is 4.50. The van der Waals surface area contributed by atoms with E-state index >= 15 is 0 Å². The zero-order valence-electron chi connectivity index (χ0n) is 13.0. The summed E-state index contributed by atoms with van der Waals surface area (Å²) in [5.41, 5.74) is 8.36. The number of amides is 1. The van der Waals surface area contributed by atoms with Crippen molar-refractivity contribution in [1.82, 2.24) is 14.7 Å². The molecule has 0 spiro atoms. The quantitative estimate of drug-likeness (QED) is 0.914. The molecule has 1 fully saturated rings. The second-order valence-electron chi connectivity index (χ2n) is 5.93. The average molecular weight is 278 g/mol. The van der Waals surface area contributed by atoms with Gasteiger partial charge < -0.3 is 10.6 Å². The topological polar surface area (TPSA) is 64.2 Å². The molecule has 2 N–H and O–H groups in total. The Morgan fingerprint density at radius 1 is 1.40 bits per heavy atom. The summed E-state index contributed by atoms with van der Waals surface area (Å²) in [5.74, 6) is 0.508. The summed E-state index contributed by atoms with van der Waals surface area (Å²) in [4.78, 5) is 14.7. The number of carbonyl (C=O) groups excluding carboxylic acids is 1. The van der Waals surface area contributed by atoms with E-state index in [-0.39, 0.29) is 11.9 Å². The molecule has 1 aliphatic rings. The van der Waals surface area contributed by atoms with Crippen molar-refractivity contribution in [3.05, 3.63) is 17.0 Å². The van der Waals surface area contributed by atoms with Crippen LogP contribution >= 0.6 is 0 Å². The maximum atomic E-state index is 12.8. The van der Waals surface area contributed by atoms with Crippen molar-refractivity contribution in [3.63, 3.8) is 0 Å². The van der Waals surface area contributed by atoms with Gasteiger partial charge in [-0.2, -0.15) is 5.10 Å². The van der Waals surface area contributed by atoms with E-state index in [4.69, 9.17) is 5.73 Å². The van der Waals surface area contributed by atoms with Crippen LogP contribution in [0.25, 0.3) is 0 Å². The fourth-order valence-corrected chi connectivity index (χ4v) is 3.38. The second-order valence-corrected chi connectivity index (χ2v) is 5.93. The van der Waals surface area contributed by atoms with Crippen LogP contribution in [0, 0.1) is 19.8 Å². The summed E-state index contributed by atoms with van der Waals surface area (Å²) in [6.07, 6.45) is 4.60. The Balaban J connectivity index is 2.23. The van der Waals surface area contributed by atoms with Crippen LogP contribution in [0.15, 0.2) is 0 Å². The Labute approximate surface area is 121 Å². The first-order valence-electron chi connectivity index (χ1n) is 7.44. The van der Waals surface area contributed by atoms with Crippen molar-refractivity contribution in [2.75, 3.05) is 13.6 Å². The van der Waals surface area contributed by atoms with Crippen LogP contribution in [0.4, 0.5) is 0 Å². The van der Waals surface area contributed by atoms with Crippen molar-refractivity contribution in [1.29, 1.82) is 0 Å². The standard InChI is InChI=1S/C15H26N4O/c1-10-14(11(2)19(4)17-10)15(20)18(3)13-8-6-5-7-12(13)9-16/h12-13H,5-9,16H2,1-4H3. The molecule has 1 aliphatic carbocycles. The summed E-state index contributed by atoms with van der Waals surface area (Å²) < 4.78 is 1.78. The highest BCUT2D eigenvalue weighted by molar-refractivity contribution is 5.96. The molecule has 0 aliphatic heterocycles. The Kier molecular flexibility index (Phi) is 4.48. The fourth-order valence-electron chi connectivity index (χ4n) is 3.38. The lowest BCUT2D eigenvalue weighted by Gasteiger charge is -2.37. The Morgan fingerprint density at radius 3 is 2.60 bits per heavy atom. The zero-order valence-corrected chi connectivity index (χ0v) is 13.0. The van der Waals surface area contributed by atoms with Crippen LogP contribution in [0.1, 0.15) is 47.4 Å². The zero-order chi connectivity index (χ0) is 14.9. The molecule has 0 aromatic carbocycles. The molecule has 2 unspecified atom stereocenters. The monoisotopic (exact) mass is 278 g/mol. The molecule has 1 aromatic heterocycles. The van der Waals surface area contributed by atoms with Gasteiger partial charge in [-0.1, -0.05) is 12.8 Å². The van der Waals surface area contributed by atoms with Gasteiger partial charge in [0.1, 0.15) is 0 Å². The Morgan fingerprint density at radius 2 is 2.05 bits per heavy atom. The van der Waals surface area contributed by atoms with Crippen LogP contribution < -0.4 is 5.73 Å². The first-order valence-corrected chi connectivity index (χ1v) is 7.44. The number of rotatable bonds is 3. The van der Waals surface area contributed by atoms with E-state index in [0.29, 0.717) is 12.5 Å². The van der Waals surface area contributed by atoms with E-state index in [1.54, 1.807) is 4.68 Å². The molecule has 2 atom stereocenters. The number of aromatic nitrogens is 2. The highest BCUT2D eigenvalue weighted by Crippen LogP contribution is 2.28. The molecule has 5 nitrogen and oxygen atoms in total. The van der Waals surface area contributed by atoms with Gasteiger partial charge in [0.25, 0.3) is 5.91 Å². The first kappa shape index (κ1) is 15.0. The maximum Gasteiger partial charge on any atom is 0.257 e. The lowest BCUT2D eigenvalue weighted by molar-refractivity contribution is 0.0619. The van der Waals surface area contributed by atoms with Crippen LogP contribution in [-0.2, 0) is 7.05 Å². The minimum absolute atomic E-state index is 0.0819. The van der Waals surface area contributed by atoms with Gasteiger partial charge in [-0.05, 0) is 39.2 Å². The number of hydrogen-bond acceptors (Lipinski definition) is 3. The molecule has 5 heteroatoms. The van der Waals surface area contributed by atoms with Gasteiger partial charge in [-0.15, -0.1) is 0 Å². The second kappa shape index (κ2) is 5.95. The van der Waals surface area contributed by atoms with Gasteiger partial charge in [0.05, 0.1) is 11.3 Å². The predicted molar refractivity (Wildman–Crippen MR) is 79.6 cm³/mol. The number of nitrogens with zero attached hydrogens (tertiary/aromatic N) is 3. The molecular formula is C15H26N4O. The number of carbonyl (C=O) groups is 1. The highest BCUT2D eigenvalue weighted by Gasteiger charge is 2.32. The molecule has 0 bridgehead atoms. The van der Waals surface area contributed by atoms with Crippen LogP contribution in [-0.4, -0.2) is 40.2 Å². The van der Waals surface area contributed by atoms with Gasteiger partial charge in [0, 0.05) is 25.8 Å². The largest absolute Gasteiger partial charge is 0.338 e. The molecule has 112 valence electrons. The molecule has 20 heavy (non-hydrogen) atoms. The van der Waals surface area contributed by atoms with Gasteiger partial charge in [0.15, 0.2) is 0 Å². The normalized spacial score (nSPS) is 22.9. The number of hydrogen-bond donors (Lipinski definition) is 1. The predicted octanol–water partition coefficient (Wildman–Crippen LogP) is 1.63. The van der Waals surface area contributed by atoms with Crippen molar-refractivity contribution >= 4 is 5.91 Å². The Bertz CT molecular complexity index is 494. The molecule has 1 amide bonds. The van der Waals surface area contributed by atoms with E-state index in [1.165, 1.54) is 12.8 Å². The van der Waals surface area contributed by atoms with Crippen molar-refractivity contribution in [3.8, 4) is 0 Å². The highest BCUT2D eigenvalue weighted by atomic mass is 16.2. The van der Waals surface area contributed by atoms with Crippen molar-refractivity contribution in [2.24, 2.45) is 18.7 Å². The fraction of sp³-hybridized carbons (Fsp3) is 0.733. The van der Waals surface area contributed by atoms with E-state index in [9.17, 15) is 4.79 Å². The van der Waals surface area contributed by atoms with E-state index < -0.39 is 0 Å². The van der Waals surface area contributed by atoms with Crippen molar-refractivity contribution in [2.45, 2.75) is 45.6 Å². The molecule has 2 rings (SSSR count). The third kappa shape index (κ3) is 2.59. The minimum atomic E-state index is 0.0819. The molecule has 1 saturated carbocycles. The van der Waals surface area contributed by atoms with E-state index in [2.05, 4.69) is 5.10 Å². The number of aryl methyl sites for hydroxylation is 2. The first-order chi connectivity index (χ1) is 9.47. The molecular weight excluding hydrogens is 252 g/mol. The number of nitrogens with two attached hydrogens (primary N) is 1. The van der Waals surface area contributed by atoms with Crippen molar-refractivity contribution < 1.29 is 4.79 Å². The Hall–Kier alpha value is -1.36. The maximum absolute atomic E-state index is 12.8. The summed E-state index contributed by atoms with van der Waals surface area (Å²) in [5, 5.41) is 4.34.